The number of fused-ring (bicyclic) bond motifs is 1. The van der Waals surface area contributed by atoms with Gasteiger partial charge in [-0.05, 0) is 36.0 Å². The molecule has 1 N–H and O–H groups in total. The van der Waals surface area contributed by atoms with Crippen LogP contribution >= 0.6 is 0 Å². The van der Waals surface area contributed by atoms with Crippen molar-refractivity contribution < 1.29 is 14.2 Å². The average Bonchev–Trinajstić information content (AvgIpc) is 2.65. The van der Waals surface area contributed by atoms with Gasteiger partial charge in [-0.15, -0.1) is 0 Å². The molecular formula is C15H21FO2. The summed E-state index contributed by atoms with van der Waals surface area (Å²) in [5, 5.41) is 9.47. The minimum absolute atomic E-state index is 0.0537. The van der Waals surface area contributed by atoms with Crippen molar-refractivity contribution in [3.8, 4) is 5.75 Å². The maximum Gasteiger partial charge on any atom is 0.123 e. The molecule has 0 aromatic heterocycles. The molecule has 0 radical (unpaired) electrons. The van der Waals surface area contributed by atoms with E-state index in [0.29, 0.717) is 0 Å². The van der Waals surface area contributed by atoms with Crippen LogP contribution in [0.15, 0.2) is 18.2 Å². The lowest BCUT2D eigenvalue weighted by atomic mass is 9.78. The maximum absolute atomic E-state index is 13.1. The molecule has 2 rings (SSSR count). The van der Waals surface area contributed by atoms with E-state index in [4.69, 9.17) is 4.74 Å². The van der Waals surface area contributed by atoms with Gasteiger partial charge in [0.2, 0.25) is 0 Å². The molecule has 2 atom stereocenters. The third-order valence-corrected chi connectivity index (χ3v) is 3.76. The normalized spacial score (nSPS) is 20.4. The Kier molecular flexibility index (Phi) is 3.62. The summed E-state index contributed by atoms with van der Waals surface area (Å²) in [7, 11) is 0. The van der Waals surface area contributed by atoms with Gasteiger partial charge in [0.1, 0.15) is 17.7 Å². The third kappa shape index (κ3) is 2.83. The van der Waals surface area contributed by atoms with Crippen molar-refractivity contribution in [3.63, 3.8) is 0 Å². The molecule has 0 fully saturated rings. The molecule has 1 aliphatic rings. The van der Waals surface area contributed by atoms with Crippen molar-refractivity contribution in [3.05, 3.63) is 29.6 Å². The number of halogens is 1. The monoisotopic (exact) mass is 252 g/mol. The van der Waals surface area contributed by atoms with Gasteiger partial charge in [-0.25, -0.2) is 4.39 Å². The molecule has 0 saturated carbocycles. The van der Waals surface area contributed by atoms with Gasteiger partial charge >= 0.3 is 0 Å². The molecule has 1 aromatic rings. The highest BCUT2D eigenvalue weighted by atomic mass is 19.1. The minimum Gasteiger partial charge on any atom is -0.490 e. The predicted octanol–water partition coefficient (Wildman–Crippen LogP) is 3.17. The Bertz CT molecular complexity index is 423. The molecule has 1 aromatic carbocycles. The second kappa shape index (κ2) is 4.88. The molecule has 2 nitrogen and oxygen atoms in total. The fourth-order valence-electron chi connectivity index (χ4n) is 2.44. The summed E-state index contributed by atoms with van der Waals surface area (Å²) in [6.07, 6.45) is 1.59. The van der Waals surface area contributed by atoms with Crippen molar-refractivity contribution in [1.82, 2.24) is 0 Å². The fraction of sp³-hybridized carbons (Fsp3) is 0.600. The fourth-order valence-corrected chi connectivity index (χ4v) is 2.44. The number of aliphatic hydroxyl groups is 1. The van der Waals surface area contributed by atoms with Crippen molar-refractivity contribution in [1.29, 1.82) is 0 Å². The predicted molar refractivity (Wildman–Crippen MR) is 69.2 cm³/mol. The second-order valence-corrected chi connectivity index (χ2v) is 6.18. The molecule has 0 amide bonds. The SMILES string of the molecule is CC(C)(C)C(CO)CC1Cc2cc(F)ccc2O1. The van der Waals surface area contributed by atoms with E-state index < -0.39 is 0 Å². The molecule has 18 heavy (non-hydrogen) atoms. The number of aliphatic hydroxyl groups excluding tert-OH is 1. The Labute approximate surface area is 108 Å². The summed E-state index contributed by atoms with van der Waals surface area (Å²) < 4.78 is 18.9. The number of benzene rings is 1. The Morgan fingerprint density at radius 2 is 2.17 bits per heavy atom. The van der Waals surface area contributed by atoms with Crippen LogP contribution in [0.5, 0.6) is 5.75 Å². The lowest BCUT2D eigenvalue weighted by Crippen LogP contribution is -2.29. The molecule has 1 aliphatic heterocycles. The summed E-state index contributed by atoms with van der Waals surface area (Å²) in [4.78, 5) is 0. The second-order valence-electron chi connectivity index (χ2n) is 6.18. The lowest BCUT2D eigenvalue weighted by Gasteiger charge is -2.30. The van der Waals surface area contributed by atoms with Crippen LogP contribution in [0, 0.1) is 17.2 Å². The topological polar surface area (TPSA) is 29.5 Å². The zero-order chi connectivity index (χ0) is 13.3. The van der Waals surface area contributed by atoms with Crippen molar-refractivity contribution in [2.24, 2.45) is 11.3 Å². The van der Waals surface area contributed by atoms with E-state index in [2.05, 4.69) is 20.8 Å². The molecule has 3 heteroatoms. The van der Waals surface area contributed by atoms with Crippen LogP contribution in [-0.4, -0.2) is 17.8 Å². The van der Waals surface area contributed by atoms with Crippen LogP contribution in [0.25, 0.3) is 0 Å². The number of hydrogen-bond acceptors (Lipinski definition) is 2. The first-order valence-corrected chi connectivity index (χ1v) is 6.46. The van der Waals surface area contributed by atoms with Gasteiger partial charge in [0.15, 0.2) is 0 Å². The van der Waals surface area contributed by atoms with E-state index in [-0.39, 0.29) is 29.9 Å². The van der Waals surface area contributed by atoms with Crippen LogP contribution in [0.4, 0.5) is 4.39 Å². The molecule has 2 unspecified atom stereocenters. The molecule has 0 spiro atoms. The van der Waals surface area contributed by atoms with Crippen LogP contribution in [0.2, 0.25) is 0 Å². The van der Waals surface area contributed by atoms with Crippen molar-refractivity contribution in [2.75, 3.05) is 6.61 Å². The zero-order valence-electron chi connectivity index (χ0n) is 11.2. The van der Waals surface area contributed by atoms with E-state index in [1.165, 1.54) is 6.07 Å². The van der Waals surface area contributed by atoms with Gasteiger partial charge in [-0.3, -0.25) is 0 Å². The molecule has 0 saturated heterocycles. The zero-order valence-corrected chi connectivity index (χ0v) is 11.2. The summed E-state index contributed by atoms with van der Waals surface area (Å²) in [5.41, 5.74) is 0.989. The van der Waals surface area contributed by atoms with E-state index >= 15 is 0 Å². The van der Waals surface area contributed by atoms with Crippen molar-refractivity contribution >= 4 is 0 Å². The summed E-state index contributed by atoms with van der Waals surface area (Å²) in [6, 6.07) is 4.66. The van der Waals surface area contributed by atoms with Gasteiger partial charge < -0.3 is 9.84 Å². The van der Waals surface area contributed by atoms with E-state index in [1.807, 2.05) is 0 Å². The third-order valence-electron chi connectivity index (χ3n) is 3.76. The number of rotatable bonds is 3. The van der Waals surface area contributed by atoms with Crippen LogP contribution < -0.4 is 4.74 Å². The highest BCUT2D eigenvalue weighted by molar-refractivity contribution is 5.37. The minimum atomic E-state index is -0.215. The van der Waals surface area contributed by atoms with E-state index in [1.54, 1.807) is 12.1 Å². The molecule has 0 aliphatic carbocycles. The maximum atomic E-state index is 13.1. The number of hydrogen-bond donors (Lipinski definition) is 1. The summed E-state index contributed by atoms with van der Waals surface area (Å²) >= 11 is 0. The van der Waals surface area contributed by atoms with Gasteiger partial charge in [-0.1, -0.05) is 20.8 Å². The van der Waals surface area contributed by atoms with Crippen molar-refractivity contribution in [2.45, 2.75) is 39.7 Å². The molecular weight excluding hydrogens is 231 g/mol. The summed E-state index contributed by atoms with van der Waals surface area (Å²) in [5.74, 6) is 0.765. The Balaban J connectivity index is 2.03. The molecule has 0 bridgehead atoms. The quantitative estimate of drug-likeness (QED) is 0.895. The lowest BCUT2D eigenvalue weighted by molar-refractivity contribution is 0.0820. The van der Waals surface area contributed by atoms with Gasteiger partial charge in [-0.2, -0.15) is 0 Å². The first-order valence-electron chi connectivity index (χ1n) is 6.46. The van der Waals surface area contributed by atoms with Gasteiger partial charge in [0.25, 0.3) is 0 Å². The first-order chi connectivity index (χ1) is 8.40. The first kappa shape index (κ1) is 13.3. The Morgan fingerprint density at radius 3 is 2.78 bits per heavy atom. The summed E-state index contributed by atoms with van der Waals surface area (Å²) in [6.45, 7) is 6.52. The largest absolute Gasteiger partial charge is 0.490 e. The smallest absolute Gasteiger partial charge is 0.123 e. The standard InChI is InChI=1S/C15H21FO2/c1-15(2,3)11(9-17)8-13-7-10-6-12(16)4-5-14(10)18-13/h4-6,11,13,17H,7-9H2,1-3H3. The van der Waals surface area contributed by atoms with Crippen LogP contribution in [0.1, 0.15) is 32.8 Å². The van der Waals surface area contributed by atoms with Gasteiger partial charge in [0, 0.05) is 18.6 Å². The molecule has 100 valence electrons. The van der Waals surface area contributed by atoms with Gasteiger partial charge in [0.05, 0.1) is 0 Å². The van der Waals surface area contributed by atoms with Crippen LogP contribution in [-0.2, 0) is 6.42 Å². The Morgan fingerprint density at radius 1 is 1.44 bits per heavy atom. The van der Waals surface area contributed by atoms with E-state index in [9.17, 15) is 9.50 Å². The van der Waals surface area contributed by atoms with E-state index in [0.717, 1.165) is 24.2 Å². The Hall–Kier alpha value is -1.09. The highest BCUT2D eigenvalue weighted by Gasteiger charge is 2.31. The molecule has 1 heterocycles. The van der Waals surface area contributed by atoms with Crippen LogP contribution in [0.3, 0.4) is 0 Å². The average molecular weight is 252 g/mol. The highest BCUT2D eigenvalue weighted by Crippen LogP contribution is 2.36. The number of ether oxygens (including phenoxy) is 1.